The van der Waals surface area contributed by atoms with Crippen LogP contribution in [0.1, 0.15) is 40.0 Å². The summed E-state index contributed by atoms with van der Waals surface area (Å²) in [5.41, 5.74) is -0.529. The molecule has 0 aromatic carbocycles. The highest BCUT2D eigenvalue weighted by molar-refractivity contribution is 5.72. The average molecular weight is 272 g/mol. The molecular weight excluding hydrogens is 248 g/mol. The Hall–Kier alpha value is -1.30. The number of esters is 1. The van der Waals surface area contributed by atoms with Crippen LogP contribution >= 0.6 is 0 Å². The van der Waals surface area contributed by atoms with Crippen molar-refractivity contribution in [2.45, 2.75) is 51.7 Å². The van der Waals surface area contributed by atoms with Crippen LogP contribution in [-0.2, 0) is 14.3 Å². The number of amides is 1. The number of rotatable bonds is 4. The normalized spacial score (nSPS) is 19.6. The topological polar surface area (TPSA) is 76.7 Å². The number of alkyl carbamates (subject to hydrolysis) is 1. The molecular formula is C13H24N2O4. The third-order valence-corrected chi connectivity index (χ3v) is 2.55. The van der Waals surface area contributed by atoms with Crippen LogP contribution in [-0.4, -0.2) is 43.4 Å². The lowest BCUT2D eigenvalue weighted by atomic mass is 10.1. The molecule has 1 aliphatic rings. The van der Waals surface area contributed by atoms with E-state index < -0.39 is 11.7 Å². The second-order valence-electron chi connectivity index (χ2n) is 5.64. The van der Waals surface area contributed by atoms with E-state index in [-0.39, 0.29) is 25.0 Å². The van der Waals surface area contributed by atoms with E-state index >= 15 is 0 Å². The Kier molecular flexibility index (Phi) is 6.08. The first-order valence-electron chi connectivity index (χ1n) is 6.74. The summed E-state index contributed by atoms with van der Waals surface area (Å²) in [7, 11) is 0. The minimum atomic E-state index is -0.529. The van der Waals surface area contributed by atoms with Gasteiger partial charge in [-0.15, -0.1) is 0 Å². The third kappa shape index (κ3) is 7.66. The van der Waals surface area contributed by atoms with Gasteiger partial charge < -0.3 is 20.1 Å². The molecule has 0 spiro atoms. The summed E-state index contributed by atoms with van der Waals surface area (Å²) in [5.74, 6) is -0.287. The maximum Gasteiger partial charge on any atom is 0.407 e. The van der Waals surface area contributed by atoms with Gasteiger partial charge in [0.15, 0.2) is 0 Å². The fraction of sp³-hybridized carbons (Fsp3) is 0.846. The fourth-order valence-electron chi connectivity index (χ4n) is 1.75. The van der Waals surface area contributed by atoms with Gasteiger partial charge in [-0.1, -0.05) is 0 Å². The zero-order chi connectivity index (χ0) is 14.3. The van der Waals surface area contributed by atoms with E-state index in [4.69, 9.17) is 9.47 Å². The Morgan fingerprint density at radius 2 is 2.11 bits per heavy atom. The van der Waals surface area contributed by atoms with E-state index in [9.17, 15) is 9.59 Å². The lowest BCUT2D eigenvalue weighted by Crippen LogP contribution is -2.37. The van der Waals surface area contributed by atoms with Gasteiger partial charge in [0.05, 0.1) is 6.42 Å². The first-order chi connectivity index (χ1) is 8.87. The number of carbonyl (C=O) groups excluding carboxylic acids is 2. The van der Waals surface area contributed by atoms with Crippen LogP contribution in [0, 0.1) is 0 Å². The van der Waals surface area contributed by atoms with Gasteiger partial charge in [-0.2, -0.15) is 0 Å². The SMILES string of the molecule is CC(C)(C)OC(=O)NCCC(=O)OC1CCCNC1. The van der Waals surface area contributed by atoms with Crippen LogP contribution in [0.3, 0.4) is 0 Å². The Morgan fingerprint density at radius 1 is 1.37 bits per heavy atom. The number of hydrogen-bond donors (Lipinski definition) is 2. The lowest BCUT2D eigenvalue weighted by molar-refractivity contribution is -0.149. The van der Waals surface area contributed by atoms with Crippen LogP contribution < -0.4 is 10.6 Å². The molecule has 2 N–H and O–H groups in total. The fourth-order valence-corrected chi connectivity index (χ4v) is 1.75. The third-order valence-electron chi connectivity index (χ3n) is 2.55. The average Bonchev–Trinajstić information content (AvgIpc) is 2.27. The van der Waals surface area contributed by atoms with Crippen molar-refractivity contribution in [3.8, 4) is 0 Å². The number of ether oxygens (including phenoxy) is 2. The molecule has 1 rings (SSSR count). The summed E-state index contributed by atoms with van der Waals surface area (Å²) >= 11 is 0. The molecule has 0 aromatic rings. The molecule has 1 unspecified atom stereocenters. The van der Waals surface area contributed by atoms with Crippen LogP contribution in [0.4, 0.5) is 4.79 Å². The van der Waals surface area contributed by atoms with Crippen molar-refractivity contribution in [2.24, 2.45) is 0 Å². The van der Waals surface area contributed by atoms with Gasteiger partial charge in [0, 0.05) is 13.1 Å². The molecule has 0 aliphatic carbocycles. The minimum absolute atomic E-state index is 0.0391. The van der Waals surface area contributed by atoms with E-state index in [1.54, 1.807) is 20.8 Å². The van der Waals surface area contributed by atoms with Gasteiger partial charge >= 0.3 is 12.1 Å². The van der Waals surface area contributed by atoms with Crippen LogP contribution in [0.25, 0.3) is 0 Å². The van der Waals surface area contributed by atoms with Crippen molar-refractivity contribution < 1.29 is 19.1 Å². The van der Waals surface area contributed by atoms with Gasteiger partial charge in [0.2, 0.25) is 0 Å². The number of piperidine rings is 1. The summed E-state index contributed by atoms with van der Waals surface area (Å²) in [6.07, 6.45) is 1.53. The molecule has 0 aromatic heterocycles. The predicted octanol–water partition coefficient (Wildman–Crippen LogP) is 1.20. The van der Waals surface area contributed by atoms with Crippen molar-refractivity contribution in [3.05, 3.63) is 0 Å². The van der Waals surface area contributed by atoms with Crippen LogP contribution in [0.15, 0.2) is 0 Å². The van der Waals surface area contributed by atoms with Gasteiger partial charge in [-0.05, 0) is 40.2 Å². The summed E-state index contributed by atoms with van der Waals surface area (Å²) in [5, 5.41) is 5.70. The molecule has 0 saturated carbocycles. The van der Waals surface area contributed by atoms with E-state index in [2.05, 4.69) is 10.6 Å². The molecule has 1 amide bonds. The zero-order valence-electron chi connectivity index (χ0n) is 12.0. The standard InChI is InChI=1S/C13H24N2O4/c1-13(2,3)19-12(17)15-8-6-11(16)18-10-5-4-7-14-9-10/h10,14H,4-9H2,1-3H3,(H,15,17). The Bertz CT molecular complexity index is 306. The van der Waals surface area contributed by atoms with Gasteiger partial charge in [-0.3, -0.25) is 4.79 Å². The second-order valence-corrected chi connectivity index (χ2v) is 5.64. The van der Waals surface area contributed by atoms with Crippen molar-refractivity contribution in [2.75, 3.05) is 19.6 Å². The van der Waals surface area contributed by atoms with Crippen molar-refractivity contribution in [1.82, 2.24) is 10.6 Å². The molecule has 1 saturated heterocycles. The highest BCUT2D eigenvalue weighted by atomic mass is 16.6. The molecule has 1 heterocycles. The Morgan fingerprint density at radius 3 is 2.68 bits per heavy atom. The monoisotopic (exact) mass is 272 g/mol. The Balaban J connectivity index is 2.11. The van der Waals surface area contributed by atoms with E-state index in [0.29, 0.717) is 6.54 Å². The van der Waals surface area contributed by atoms with Gasteiger partial charge in [-0.25, -0.2) is 4.79 Å². The zero-order valence-corrected chi connectivity index (χ0v) is 12.0. The summed E-state index contributed by atoms with van der Waals surface area (Å²) in [6, 6.07) is 0. The smallest absolute Gasteiger partial charge is 0.407 e. The maximum absolute atomic E-state index is 11.5. The lowest BCUT2D eigenvalue weighted by Gasteiger charge is -2.23. The first kappa shape index (κ1) is 15.8. The molecule has 0 radical (unpaired) electrons. The van der Waals surface area contributed by atoms with Crippen molar-refractivity contribution in [1.29, 1.82) is 0 Å². The second kappa shape index (κ2) is 7.33. The molecule has 0 bridgehead atoms. The molecule has 6 heteroatoms. The van der Waals surface area contributed by atoms with E-state index in [1.165, 1.54) is 0 Å². The van der Waals surface area contributed by atoms with Crippen LogP contribution in [0.2, 0.25) is 0 Å². The van der Waals surface area contributed by atoms with Gasteiger partial charge in [0.25, 0.3) is 0 Å². The molecule has 110 valence electrons. The highest BCUT2D eigenvalue weighted by Crippen LogP contribution is 2.08. The summed E-state index contributed by atoms with van der Waals surface area (Å²) in [4.78, 5) is 22.9. The van der Waals surface area contributed by atoms with Crippen molar-refractivity contribution in [3.63, 3.8) is 0 Å². The van der Waals surface area contributed by atoms with E-state index in [0.717, 1.165) is 19.4 Å². The molecule has 1 aliphatic heterocycles. The van der Waals surface area contributed by atoms with Gasteiger partial charge in [0.1, 0.15) is 11.7 Å². The quantitative estimate of drug-likeness (QED) is 0.752. The minimum Gasteiger partial charge on any atom is -0.461 e. The number of nitrogens with one attached hydrogen (secondary N) is 2. The largest absolute Gasteiger partial charge is 0.461 e. The summed E-state index contributed by atoms with van der Waals surface area (Å²) in [6.45, 7) is 7.29. The number of carbonyl (C=O) groups is 2. The highest BCUT2D eigenvalue weighted by Gasteiger charge is 2.18. The van der Waals surface area contributed by atoms with Crippen LogP contribution in [0.5, 0.6) is 0 Å². The van der Waals surface area contributed by atoms with E-state index in [1.807, 2.05) is 0 Å². The Labute approximate surface area is 114 Å². The van der Waals surface area contributed by atoms with Crippen molar-refractivity contribution >= 4 is 12.1 Å². The maximum atomic E-state index is 11.5. The molecule has 1 fully saturated rings. The molecule has 19 heavy (non-hydrogen) atoms. The summed E-state index contributed by atoms with van der Waals surface area (Å²) < 4.78 is 10.3. The predicted molar refractivity (Wildman–Crippen MR) is 70.8 cm³/mol. The molecule has 1 atom stereocenters. The first-order valence-corrected chi connectivity index (χ1v) is 6.74. The number of hydrogen-bond acceptors (Lipinski definition) is 5. The molecule has 6 nitrogen and oxygen atoms in total.